The average Bonchev–Trinajstić information content (AvgIpc) is 1.67. The van der Waals surface area contributed by atoms with E-state index in [-0.39, 0.29) is 5.41 Å². The SMILES string of the molecule is CCC(C)(C)CON. The standard InChI is InChI=1S/C6H15NO/c1-4-6(2,3)5-8-7/h4-5,7H2,1-3H3. The van der Waals surface area contributed by atoms with Crippen LogP contribution >= 0.6 is 0 Å². The van der Waals surface area contributed by atoms with Gasteiger partial charge in [-0.3, -0.25) is 0 Å². The summed E-state index contributed by atoms with van der Waals surface area (Å²) in [5.41, 5.74) is 0.245. The van der Waals surface area contributed by atoms with E-state index in [1.807, 2.05) is 0 Å². The van der Waals surface area contributed by atoms with Crippen LogP contribution in [-0.2, 0) is 4.84 Å². The van der Waals surface area contributed by atoms with Crippen molar-refractivity contribution < 1.29 is 4.84 Å². The highest BCUT2D eigenvalue weighted by atomic mass is 16.6. The van der Waals surface area contributed by atoms with Crippen molar-refractivity contribution in [2.45, 2.75) is 27.2 Å². The maximum absolute atomic E-state index is 4.89. The van der Waals surface area contributed by atoms with E-state index in [9.17, 15) is 0 Å². The predicted molar refractivity (Wildman–Crippen MR) is 34.2 cm³/mol. The van der Waals surface area contributed by atoms with Crippen LogP contribution in [0.3, 0.4) is 0 Å². The first-order valence-electron chi connectivity index (χ1n) is 2.94. The summed E-state index contributed by atoms with van der Waals surface area (Å²) in [5.74, 6) is 4.89. The first kappa shape index (κ1) is 7.92. The van der Waals surface area contributed by atoms with Crippen LogP contribution in [0.15, 0.2) is 0 Å². The average molecular weight is 117 g/mol. The van der Waals surface area contributed by atoms with Crippen LogP contribution in [0.5, 0.6) is 0 Å². The van der Waals surface area contributed by atoms with Gasteiger partial charge >= 0.3 is 0 Å². The Kier molecular flexibility index (Phi) is 3.02. The summed E-state index contributed by atoms with van der Waals surface area (Å²) in [5, 5.41) is 0. The van der Waals surface area contributed by atoms with Gasteiger partial charge in [-0.25, -0.2) is 5.90 Å². The Balaban J connectivity index is 3.37. The van der Waals surface area contributed by atoms with Gasteiger partial charge in [-0.2, -0.15) is 0 Å². The first-order chi connectivity index (χ1) is 3.62. The Bertz CT molecular complexity index is 61.5. The minimum atomic E-state index is 0.245. The van der Waals surface area contributed by atoms with Gasteiger partial charge in [0.1, 0.15) is 0 Å². The molecule has 50 valence electrons. The summed E-state index contributed by atoms with van der Waals surface area (Å²) in [6.07, 6.45) is 1.10. The van der Waals surface area contributed by atoms with Crippen LogP contribution < -0.4 is 5.90 Å². The predicted octanol–water partition coefficient (Wildman–Crippen LogP) is 1.31. The van der Waals surface area contributed by atoms with E-state index in [2.05, 4.69) is 25.6 Å². The molecular weight excluding hydrogens is 102 g/mol. The summed E-state index contributed by atoms with van der Waals surface area (Å²) in [6, 6.07) is 0. The highest BCUT2D eigenvalue weighted by molar-refractivity contribution is 4.63. The maximum Gasteiger partial charge on any atom is 0.0730 e. The third-order valence-electron chi connectivity index (χ3n) is 1.43. The van der Waals surface area contributed by atoms with Crippen molar-refractivity contribution in [3.63, 3.8) is 0 Å². The van der Waals surface area contributed by atoms with Gasteiger partial charge in [-0.1, -0.05) is 20.8 Å². The van der Waals surface area contributed by atoms with Gasteiger partial charge in [0, 0.05) is 0 Å². The molecule has 8 heavy (non-hydrogen) atoms. The molecule has 0 aliphatic rings. The van der Waals surface area contributed by atoms with E-state index in [4.69, 9.17) is 5.90 Å². The molecule has 0 heterocycles. The van der Waals surface area contributed by atoms with E-state index in [1.165, 1.54) is 0 Å². The molecule has 0 aromatic heterocycles. The third kappa shape index (κ3) is 2.99. The molecule has 0 aromatic rings. The molecule has 2 nitrogen and oxygen atoms in total. The number of hydrogen-bond donors (Lipinski definition) is 1. The zero-order valence-corrected chi connectivity index (χ0v) is 5.90. The van der Waals surface area contributed by atoms with Crippen molar-refractivity contribution >= 4 is 0 Å². The minimum absolute atomic E-state index is 0.245. The smallest absolute Gasteiger partial charge is 0.0730 e. The number of rotatable bonds is 3. The van der Waals surface area contributed by atoms with E-state index < -0.39 is 0 Å². The van der Waals surface area contributed by atoms with Gasteiger partial charge in [0.2, 0.25) is 0 Å². The third-order valence-corrected chi connectivity index (χ3v) is 1.43. The van der Waals surface area contributed by atoms with Crippen LogP contribution in [0.4, 0.5) is 0 Å². The lowest BCUT2D eigenvalue weighted by Gasteiger charge is -2.19. The fraction of sp³-hybridized carbons (Fsp3) is 1.00. The van der Waals surface area contributed by atoms with Crippen molar-refractivity contribution in [1.82, 2.24) is 0 Å². The topological polar surface area (TPSA) is 35.2 Å². The molecule has 0 radical (unpaired) electrons. The van der Waals surface area contributed by atoms with Gasteiger partial charge in [0.05, 0.1) is 6.61 Å². The van der Waals surface area contributed by atoms with Crippen molar-refractivity contribution in [3.05, 3.63) is 0 Å². The molecular formula is C6H15NO. The Morgan fingerprint density at radius 2 is 2.00 bits per heavy atom. The molecule has 0 bridgehead atoms. The van der Waals surface area contributed by atoms with Crippen LogP contribution in [0.25, 0.3) is 0 Å². The second-order valence-electron chi connectivity index (χ2n) is 2.83. The molecule has 0 saturated carbocycles. The number of nitrogens with two attached hydrogens (primary N) is 1. The normalized spacial score (nSPS) is 12.0. The Morgan fingerprint density at radius 1 is 1.50 bits per heavy atom. The van der Waals surface area contributed by atoms with E-state index >= 15 is 0 Å². The zero-order valence-electron chi connectivity index (χ0n) is 5.90. The molecule has 0 rings (SSSR count). The second kappa shape index (κ2) is 3.05. The highest BCUT2D eigenvalue weighted by Crippen LogP contribution is 2.18. The lowest BCUT2D eigenvalue weighted by Crippen LogP contribution is -2.20. The zero-order chi connectivity index (χ0) is 6.62. The summed E-state index contributed by atoms with van der Waals surface area (Å²) < 4.78 is 0. The lowest BCUT2D eigenvalue weighted by molar-refractivity contribution is 0.0608. The summed E-state index contributed by atoms with van der Waals surface area (Å²) in [4.78, 5) is 4.50. The van der Waals surface area contributed by atoms with Crippen molar-refractivity contribution in [2.24, 2.45) is 11.3 Å². The first-order valence-corrected chi connectivity index (χ1v) is 2.94. The Hall–Kier alpha value is -0.0800. The fourth-order valence-corrected chi connectivity index (χ4v) is 0.328. The summed E-state index contributed by atoms with van der Waals surface area (Å²) in [6.45, 7) is 7.02. The molecule has 0 unspecified atom stereocenters. The highest BCUT2D eigenvalue weighted by Gasteiger charge is 2.13. The Labute approximate surface area is 51.0 Å². The summed E-state index contributed by atoms with van der Waals surface area (Å²) in [7, 11) is 0. The van der Waals surface area contributed by atoms with E-state index in [0.717, 1.165) is 6.42 Å². The van der Waals surface area contributed by atoms with E-state index in [1.54, 1.807) is 0 Å². The van der Waals surface area contributed by atoms with Crippen LogP contribution in [0.2, 0.25) is 0 Å². The molecule has 2 heteroatoms. The van der Waals surface area contributed by atoms with Gasteiger partial charge in [0.25, 0.3) is 0 Å². The molecule has 0 amide bonds. The molecule has 0 aromatic carbocycles. The van der Waals surface area contributed by atoms with Crippen molar-refractivity contribution in [1.29, 1.82) is 0 Å². The maximum atomic E-state index is 4.89. The number of hydrogen-bond acceptors (Lipinski definition) is 2. The monoisotopic (exact) mass is 117 g/mol. The van der Waals surface area contributed by atoms with Gasteiger partial charge in [-0.05, 0) is 11.8 Å². The second-order valence-corrected chi connectivity index (χ2v) is 2.83. The molecule has 0 spiro atoms. The lowest BCUT2D eigenvalue weighted by atomic mass is 9.92. The molecule has 0 atom stereocenters. The van der Waals surface area contributed by atoms with Crippen molar-refractivity contribution in [2.75, 3.05) is 6.61 Å². The molecule has 0 fully saturated rings. The van der Waals surface area contributed by atoms with Crippen LogP contribution in [0.1, 0.15) is 27.2 Å². The fourth-order valence-electron chi connectivity index (χ4n) is 0.328. The quantitative estimate of drug-likeness (QED) is 0.566. The largest absolute Gasteiger partial charge is 0.304 e. The van der Waals surface area contributed by atoms with Gasteiger partial charge < -0.3 is 4.84 Å². The molecule has 2 N–H and O–H groups in total. The van der Waals surface area contributed by atoms with Crippen LogP contribution in [0, 0.1) is 5.41 Å². The minimum Gasteiger partial charge on any atom is -0.304 e. The molecule has 0 saturated heterocycles. The van der Waals surface area contributed by atoms with Gasteiger partial charge in [0.15, 0.2) is 0 Å². The Morgan fingerprint density at radius 3 is 2.12 bits per heavy atom. The molecule has 0 aliphatic heterocycles. The molecule has 0 aliphatic carbocycles. The van der Waals surface area contributed by atoms with Crippen LogP contribution in [-0.4, -0.2) is 6.61 Å². The summed E-state index contributed by atoms with van der Waals surface area (Å²) >= 11 is 0. The van der Waals surface area contributed by atoms with Crippen molar-refractivity contribution in [3.8, 4) is 0 Å². The van der Waals surface area contributed by atoms with E-state index in [0.29, 0.717) is 6.61 Å². The van der Waals surface area contributed by atoms with Gasteiger partial charge in [-0.15, -0.1) is 0 Å².